The van der Waals surface area contributed by atoms with Crippen molar-refractivity contribution in [2.24, 2.45) is 0 Å². The first-order chi connectivity index (χ1) is 11.0. The largest absolute Gasteiger partial charge is 0.491 e. The van der Waals surface area contributed by atoms with Crippen LogP contribution in [-0.2, 0) is 4.79 Å². The van der Waals surface area contributed by atoms with Crippen molar-refractivity contribution < 1.29 is 14.6 Å². The van der Waals surface area contributed by atoms with Crippen molar-refractivity contribution in [1.82, 2.24) is 10.2 Å². The van der Waals surface area contributed by atoms with Gasteiger partial charge in [-0.15, -0.1) is 0 Å². The van der Waals surface area contributed by atoms with E-state index in [1.54, 1.807) is 0 Å². The lowest BCUT2D eigenvalue weighted by atomic mass is 10.1. The number of ether oxygens (including phenoxy) is 1. The average molecular weight is 320 g/mol. The second-order valence-electron chi connectivity index (χ2n) is 6.52. The van der Waals surface area contributed by atoms with Crippen LogP contribution in [0.15, 0.2) is 24.3 Å². The summed E-state index contributed by atoms with van der Waals surface area (Å²) in [6.07, 6.45) is 1.73. The molecule has 1 heterocycles. The fourth-order valence-corrected chi connectivity index (χ4v) is 2.84. The predicted molar refractivity (Wildman–Crippen MR) is 90.4 cm³/mol. The van der Waals surface area contributed by atoms with Gasteiger partial charge < -0.3 is 15.2 Å². The first-order valence-electron chi connectivity index (χ1n) is 8.41. The highest BCUT2D eigenvalue weighted by Gasteiger charge is 2.22. The minimum atomic E-state index is -0.706. The number of hydrogen-bond acceptors (Lipinski definition) is 4. The Kier molecular flexibility index (Phi) is 6.42. The van der Waals surface area contributed by atoms with Crippen molar-refractivity contribution in [3.63, 3.8) is 0 Å². The third-order valence-electron chi connectivity index (χ3n) is 4.17. The Hall–Kier alpha value is -1.59. The average Bonchev–Trinajstić information content (AvgIpc) is 2.90. The summed E-state index contributed by atoms with van der Waals surface area (Å²) in [5.41, 5.74) is 0.774. The van der Waals surface area contributed by atoms with Crippen LogP contribution in [0, 0.1) is 0 Å². The third kappa shape index (κ3) is 5.52. The monoisotopic (exact) mass is 320 g/mol. The fourth-order valence-electron chi connectivity index (χ4n) is 2.84. The Labute approximate surface area is 138 Å². The van der Waals surface area contributed by atoms with E-state index in [1.165, 1.54) is 0 Å². The maximum Gasteiger partial charge on any atom is 0.234 e. The topological polar surface area (TPSA) is 61.8 Å². The van der Waals surface area contributed by atoms with Gasteiger partial charge in [0.25, 0.3) is 0 Å². The van der Waals surface area contributed by atoms with Crippen molar-refractivity contribution in [3.8, 4) is 5.75 Å². The van der Waals surface area contributed by atoms with E-state index in [0.717, 1.165) is 30.7 Å². The Balaban J connectivity index is 1.77. The number of carbonyl (C=O) groups is 1. The summed E-state index contributed by atoms with van der Waals surface area (Å²) in [4.78, 5) is 14.2. The quantitative estimate of drug-likeness (QED) is 0.808. The second kappa shape index (κ2) is 8.31. The summed E-state index contributed by atoms with van der Waals surface area (Å²) in [6, 6.07) is 7.81. The third-order valence-corrected chi connectivity index (χ3v) is 4.17. The highest BCUT2D eigenvalue weighted by atomic mass is 16.5. The summed E-state index contributed by atoms with van der Waals surface area (Å²) >= 11 is 0. The van der Waals surface area contributed by atoms with E-state index in [4.69, 9.17) is 4.74 Å². The number of nitrogens with one attached hydrogen (secondary N) is 1. The van der Waals surface area contributed by atoms with Crippen LogP contribution in [0.4, 0.5) is 0 Å². The molecule has 1 aromatic carbocycles. The van der Waals surface area contributed by atoms with E-state index in [-0.39, 0.29) is 18.6 Å². The van der Waals surface area contributed by atoms with Gasteiger partial charge in [-0.25, -0.2) is 0 Å². The number of nitrogens with zero attached hydrogens (tertiary/aromatic N) is 1. The summed E-state index contributed by atoms with van der Waals surface area (Å²) < 4.78 is 5.57. The van der Waals surface area contributed by atoms with Crippen LogP contribution in [0.25, 0.3) is 0 Å². The smallest absolute Gasteiger partial charge is 0.234 e. The number of benzene rings is 1. The Morgan fingerprint density at radius 1 is 1.39 bits per heavy atom. The van der Waals surface area contributed by atoms with Gasteiger partial charge in [-0.2, -0.15) is 0 Å². The molecule has 0 bridgehead atoms. The van der Waals surface area contributed by atoms with E-state index in [0.29, 0.717) is 12.6 Å². The van der Waals surface area contributed by atoms with Gasteiger partial charge in [-0.1, -0.05) is 12.1 Å². The van der Waals surface area contributed by atoms with Crippen LogP contribution in [0.2, 0.25) is 0 Å². The summed E-state index contributed by atoms with van der Waals surface area (Å²) in [5.74, 6) is 0.751. The molecule has 5 nitrogen and oxygen atoms in total. The molecule has 0 radical (unpaired) electrons. The van der Waals surface area contributed by atoms with Crippen LogP contribution in [-0.4, -0.2) is 47.7 Å². The molecule has 0 aromatic heterocycles. The van der Waals surface area contributed by atoms with Crippen LogP contribution in [0.5, 0.6) is 5.75 Å². The van der Waals surface area contributed by atoms with Crippen LogP contribution >= 0.6 is 0 Å². The minimum Gasteiger partial charge on any atom is -0.491 e. The lowest BCUT2D eigenvalue weighted by Crippen LogP contribution is -2.40. The van der Waals surface area contributed by atoms with Crippen molar-refractivity contribution in [1.29, 1.82) is 0 Å². The van der Waals surface area contributed by atoms with Crippen LogP contribution in [0.3, 0.4) is 0 Å². The Bertz CT molecular complexity index is 501. The Morgan fingerprint density at radius 3 is 2.65 bits per heavy atom. The first kappa shape index (κ1) is 17.8. The van der Waals surface area contributed by atoms with Crippen molar-refractivity contribution >= 4 is 5.91 Å². The number of hydrogen-bond donors (Lipinski definition) is 2. The van der Waals surface area contributed by atoms with Gasteiger partial charge in [0, 0.05) is 12.6 Å². The SMILES string of the molecule is CC(C)Oc1ccc([C@@H](O)CNC(=O)CN2CCC[C@@H]2C)cc1. The molecule has 1 aliphatic heterocycles. The van der Waals surface area contributed by atoms with Gasteiger partial charge in [0.2, 0.25) is 5.91 Å². The molecule has 2 N–H and O–H groups in total. The van der Waals surface area contributed by atoms with Crippen molar-refractivity contribution in [3.05, 3.63) is 29.8 Å². The van der Waals surface area contributed by atoms with E-state index in [9.17, 15) is 9.90 Å². The molecule has 1 aromatic rings. The maximum atomic E-state index is 12.0. The highest BCUT2D eigenvalue weighted by Crippen LogP contribution is 2.19. The second-order valence-corrected chi connectivity index (χ2v) is 6.52. The molecule has 0 aliphatic carbocycles. The van der Waals surface area contributed by atoms with Gasteiger partial charge in [-0.3, -0.25) is 9.69 Å². The molecule has 1 aliphatic rings. The van der Waals surface area contributed by atoms with Gasteiger partial charge in [0.1, 0.15) is 5.75 Å². The number of amides is 1. The molecule has 1 amide bonds. The Morgan fingerprint density at radius 2 is 2.09 bits per heavy atom. The van der Waals surface area contributed by atoms with Crippen LogP contribution < -0.4 is 10.1 Å². The van der Waals surface area contributed by atoms with Crippen LogP contribution in [0.1, 0.15) is 45.3 Å². The molecule has 1 saturated heterocycles. The number of likely N-dealkylation sites (tertiary alicyclic amines) is 1. The van der Waals surface area contributed by atoms with E-state index >= 15 is 0 Å². The number of rotatable bonds is 7. The predicted octanol–water partition coefficient (Wildman–Crippen LogP) is 2.11. The van der Waals surface area contributed by atoms with Gasteiger partial charge in [-0.05, 0) is 57.9 Å². The minimum absolute atomic E-state index is 0.0300. The molecule has 0 unspecified atom stereocenters. The molecule has 0 spiro atoms. The first-order valence-corrected chi connectivity index (χ1v) is 8.41. The lowest BCUT2D eigenvalue weighted by molar-refractivity contribution is -0.122. The molecule has 1 fully saturated rings. The lowest BCUT2D eigenvalue weighted by Gasteiger charge is -2.20. The zero-order valence-corrected chi connectivity index (χ0v) is 14.3. The number of aliphatic hydroxyl groups is 1. The zero-order chi connectivity index (χ0) is 16.8. The van der Waals surface area contributed by atoms with E-state index in [2.05, 4.69) is 17.1 Å². The fraction of sp³-hybridized carbons (Fsp3) is 0.611. The summed E-state index contributed by atoms with van der Waals surface area (Å²) in [5, 5.41) is 13.0. The number of aliphatic hydroxyl groups excluding tert-OH is 1. The molecular formula is C18H28N2O3. The summed E-state index contributed by atoms with van der Waals surface area (Å²) in [6.45, 7) is 7.71. The molecule has 128 valence electrons. The molecule has 2 rings (SSSR count). The van der Waals surface area contributed by atoms with Gasteiger partial charge >= 0.3 is 0 Å². The van der Waals surface area contributed by atoms with Crippen molar-refractivity contribution in [2.45, 2.75) is 51.9 Å². The van der Waals surface area contributed by atoms with Crippen molar-refractivity contribution in [2.75, 3.05) is 19.6 Å². The molecule has 5 heteroatoms. The standard InChI is InChI=1S/C18H28N2O3/c1-13(2)23-16-8-6-15(7-9-16)17(21)11-19-18(22)12-20-10-4-5-14(20)3/h6-9,13-14,17,21H,4-5,10-12H2,1-3H3,(H,19,22)/t14-,17-/m0/s1. The number of carbonyl (C=O) groups excluding carboxylic acids is 1. The molecule has 0 saturated carbocycles. The molecular weight excluding hydrogens is 292 g/mol. The zero-order valence-electron chi connectivity index (χ0n) is 14.3. The van der Waals surface area contributed by atoms with E-state index < -0.39 is 6.10 Å². The molecule has 2 atom stereocenters. The van der Waals surface area contributed by atoms with Gasteiger partial charge in [0.05, 0.1) is 18.8 Å². The highest BCUT2D eigenvalue weighted by molar-refractivity contribution is 5.78. The molecule has 23 heavy (non-hydrogen) atoms. The van der Waals surface area contributed by atoms with Gasteiger partial charge in [0.15, 0.2) is 0 Å². The maximum absolute atomic E-state index is 12.0. The summed E-state index contributed by atoms with van der Waals surface area (Å²) in [7, 11) is 0. The normalized spacial score (nSPS) is 19.8. The van der Waals surface area contributed by atoms with E-state index in [1.807, 2.05) is 38.1 Å².